The van der Waals surface area contributed by atoms with E-state index in [1.54, 1.807) is 12.3 Å². The van der Waals surface area contributed by atoms with Gasteiger partial charge in [-0.25, -0.2) is 4.68 Å². The number of aryl methyl sites for hydroxylation is 1. The molecule has 0 aliphatic carbocycles. The van der Waals surface area contributed by atoms with Crippen LogP contribution in [0.25, 0.3) is 0 Å². The van der Waals surface area contributed by atoms with Crippen molar-refractivity contribution >= 4 is 12.4 Å². The van der Waals surface area contributed by atoms with Crippen LogP contribution in [0.1, 0.15) is 31.3 Å². The van der Waals surface area contributed by atoms with Crippen LogP contribution in [0, 0.1) is 0 Å². The summed E-state index contributed by atoms with van der Waals surface area (Å²) in [4.78, 5) is 0. The lowest BCUT2D eigenvalue weighted by Gasteiger charge is -2.06. The van der Waals surface area contributed by atoms with Crippen LogP contribution in [0.15, 0.2) is 24.5 Å². The molecule has 1 N–H and O–H groups in total. The Balaban J connectivity index is 0.00000200. The average molecular weight is 306 g/mol. The first-order valence-electron chi connectivity index (χ1n) is 6.24. The Morgan fingerprint density at radius 1 is 1.30 bits per heavy atom. The van der Waals surface area contributed by atoms with E-state index < -0.39 is 6.55 Å². The number of rotatable bonds is 7. The summed E-state index contributed by atoms with van der Waals surface area (Å²) in [5.74, 6) is 0. The van der Waals surface area contributed by atoms with Crippen molar-refractivity contribution in [3.8, 4) is 0 Å². The van der Waals surface area contributed by atoms with Gasteiger partial charge in [-0.3, -0.25) is 4.68 Å². The molecule has 0 aliphatic heterocycles. The molecule has 0 spiro atoms. The second-order valence-corrected chi connectivity index (χ2v) is 4.21. The summed E-state index contributed by atoms with van der Waals surface area (Å²) in [7, 11) is 0. The molecule has 0 radical (unpaired) electrons. The zero-order valence-corrected chi connectivity index (χ0v) is 12.0. The summed E-state index contributed by atoms with van der Waals surface area (Å²) in [5.41, 5.74) is 1.68. The zero-order chi connectivity index (χ0) is 13.7. The van der Waals surface area contributed by atoms with E-state index in [2.05, 4.69) is 22.4 Å². The van der Waals surface area contributed by atoms with E-state index in [4.69, 9.17) is 0 Å². The molecule has 5 nitrogen and oxygen atoms in total. The summed E-state index contributed by atoms with van der Waals surface area (Å²) < 4.78 is 27.3. The molecule has 0 atom stereocenters. The minimum atomic E-state index is -2.58. The Hall–Kier alpha value is -1.47. The maximum atomic E-state index is 12.3. The van der Waals surface area contributed by atoms with Crippen molar-refractivity contribution < 1.29 is 8.78 Å². The minimum Gasteiger partial charge on any atom is -0.305 e. The first-order chi connectivity index (χ1) is 9.20. The van der Waals surface area contributed by atoms with Crippen molar-refractivity contribution in [3.63, 3.8) is 0 Å². The summed E-state index contributed by atoms with van der Waals surface area (Å²) in [5, 5.41) is 11.2. The first kappa shape index (κ1) is 16.6. The lowest BCUT2D eigenvalue weighted by Crippen LogP contribution is -2.17. The highest BCUT2D eigenvalue weighted by Crippen LogP contribution is 2.08. The number of hydrogen-bond acceptors (Lipinski definition) is 3. The fourth-order valence-corrected chi connectivity index (χ4v) is 1.82. The van der Waals surface area contributed by atoms with Crippen LogP contribution < -0.4 is 5.32 Å². The second-order valence-electron chi connectivity index (χ2n) is 4.21. The molecular formula is C12H18ClF2N5. The molecule has 2 heterocycles. The predicted octanol–water partition coefficient (Wildman–Crippen LogP) is 2.60. The van der Waals surface area contributed by atoms with Gasteiger partial charge in [-0.05, 0) is 18.6 Å². The Kier molecular flexibility index (Phi) is 6.60. The third-order valence-electron chi connectivity index (χ3n) is 2.72. The Labute approximate surface area is 122 Å². The smallest absolute Gasteiger partial charge is 0.305 e. The maximum absolute atomic E-state index is 12.3. The van der Waals surface area contributed by atoms with E-state index in [0.29, 0.717) is 23.5 Å². The second kappa shape index (κ2) is 7.96. The van der Waals surface area contributed by atoms with Gasteiger partial charge >= 0.3 is 6.55 Å². The normalized spacial score (nSPS) is 10.8. The largest absolute Gasteiger partial charge is 0.333 e. The number of halogens is 3. The van der Waals surface area contributed by atoms with Gasteiger partial charge < -0.3 is 5.32 Å². The third-order valence-corrected chi connectivity index (χ3v) is 2.72. The fourth-order valence-electron chi connectivity index (χ4n) is 1.82. The number of alkyl halides is 2. The Morgan fingerprint density at radius 3 is 2.75 bits per heavy atom. The highest BCUT2D eigenvalue weighted by molar-refractivity contribution is 5.85. The van der Waals surface area contributed by atoms with E-state index in [9.17, 15) is 8.78 Å². The molecule has 112 valence electrons. The molecule has 0 saturated carbocycles. The molecule has 20 heavy (non-hydrogen) atoms. The minimum absolute atomic E-state index is 0. The molecule has 0 fully saturated rings. The molecule has 0 aromatic carbocycles. The van der Waals surface area contributed by atoms with Crippen molar-refractivity contribution in [2.45, 2.75) is 39.5 Å². The highest BCUT2D eigenvalue weighted by Gasteiger charge is 2.07. The molecule has 2 rings (SSSR count). The molecule has 0 unspecified atom stereocenters. The van der Waals surface area contributed by atoms with Crippen LogP contribution >= 0.6 is 12.4 Å². The molecule has 2 aromatic rings. The first-order valence-corrected chi connectivity index (χ1v) is 6.24. The topological polar surface area (TPSA) is 47.7 Å². The van der Waals surface area contributed by atoms with Crippen molar-refractivity contribution in [3.05, 3.63) is 35.9 Å². The standard InChI is InChI=1S/C12H17F2N5.ClH/c1-2-6-18-11(3-5-16-18)9-15-8-10-4-7-19(17-10)12(13)14;/h3-5,7,12,15H,2,6,8-9H2,1H3;1H. The van der Waals surface area contributed by atoms with E-state index in [0.717, 1.165) is 18.7 Å². The van der Waals surface area contributed by atoms with Gasteiger partial charge in [-0.2, -0.15) is 19.0 Å². The van der Waals surface area contributed by atoms with Crippen LogP contribution in [-0.2, 0) is 19.6 Å². The molecule has 0 amide bonds. The summed E-state index contributed by atoms with van der Waals surface area (Å²) in [6, 6.07) is 3.53. The Bertz CT molecular complexity index is 511. The average Bonchev–Trinajstić information content (AvgIpc) is 3.00. The van der Waals surface area contributed by atoms with Gasteiger partial charge in [0.2, 0.25) is 0 Å². The lowest BCUT2D eigenvalue weighted by molar-refractivity contribution is 0.0561. The van der Waals surface area contributed by atoms with Crippen LogP contribution in [0.5, 0.6) is 0 Å². The molecule has 0 aliphatic rings. The third kappa shape index (κ3) is 4.28. The molecule has 0 bridgehead atoms. The van der Waals surface area contributed by atoms with Crippen LogP contribution in [-0.4, -0.2) is 19.6 Å². The SMILES string of the molecule is CCCn1nccc1CNCc1ccn(C(F)F)n1.Cl. The van der Waals surface area contributed by atoms with E-state index in [1.807, 2.05) is 10.7 Å². The maximum Gasteiger partial charge on any atom is 0.333 e. The monoisotopic (exact) mass is 305 g/mol. The lowest BCUT2D eigenvalue weighted by atomic mass is 10.3. The van der Waals surface area contributed by atoms with Gasteiger partial charge in [0.15, 0.2) is 0 Å². The Morgan fingerprint density at radius 2 is 2.10 bits per heavy atom. The van der Waals surface area contributed by atoms with E-state index in [-0.39, 0.29) is 12.4 Å². The summed E-state index contributed by atoms with van der Waals surface area (Å²) in [6.45, 7) is 1.48. The molecule has 8 heteroatoms. The summed E-state index contributed by atoms with van der Waals surface area (Å²) >= 11 is 0. The number of nitrogens with zero attached hydrogens (tertiary/aromatic N) is 4. The van der Waals surface area contributed by atoms with Crippen molar-refractivity contribution in [2.75, 3.05) is 0 Å². The van der Waals surface area contributed by atoms with Gasteiger partial charge in [-0.1, -0.05) is 6.92 Å². The fraction of sp³-hybridized carbons (Fsp3) is 0.500. The number of nitrogens with one attached hydrogen (secondary N) is 1. The number of hydrogen-bond donors (Lipinski definition) is 1. The van der Waals surface area contributed by atoms with Crippen molar-refractivity contribution in [1.29, 1.82) is 0 Å². The van der Waals surface area contributed by atoms with E-state index in [1.165, 1.54) is 6.20 Å². The van der Waals surface area contributed by atoms with Gasteiger partial charge in [0, 0.05) is 32.0 Å². The van der Waals surface area contributed by atoms with Gasteiger partial charge in [0.1, 0.15) is 0 Å². The quantitative estimate of drug-likeness (QED) is 0.855. The van der Waals surface area contributed by atoms with Gasteiger partial charge in [0.25, 0.3) is 0 Å². The highest BCUT2D eigenvalue weighted by atomic mass is 35.5. The zero-order valence-electron chi connectivity index (χ0n) is 11.2. The van der Waals surface area contributed by atoms with Gasteiger partial charge in [0.05, 0.1) is 11.4 Å². The van der Waals surface area contributed by atoms with Crippen molar-refractivity contribution in [1.82, 2.24) is 24.9 Å². The molecule has 0 saturated heterocycles. The molecular weight excluding hydrogens is 288 g/mol. The number of aromatic nitrogens is 4. The van der Waals surface area contributed by atoms with Crippen LogP contribution in [0.4, 0.5) is 8.78 Å². The molecule has 2 aromatic heterocycles. The summed E-state index contributed by atoms with van der Waals surface area (Å²) in [6.07, 6.45) is 4.06. The van der Waals surface area contributed by atoms with Crippen LogP contribution in [0.3, 0.4) is 0 Å². The predicted molar refractivity (Wildman–Crippen MR) is 73.8 cm³/mol. The van der Waals surface area contributed by atoms with E-state index >= 15 is 0 Å². The van der Waals surface area contributed by atoms with Gasteiger partial charge in [-0.15, -0.1) is 12.4 Å². The van der Waals surface area contributed by atoms with Crippen LogP contribution in [0.2, 0.25) is 0 Å². The van der Waals surface area contributed by atoms with Crippen molar-refractivity contribution in [2.24, 2.45) is 0 Å².